The Hall–Kier alpha value is -2.37. The van der Waals surface area contributed by atoms with Crippen molar-refractivity contribution in [2.75, 3.05) is 0 Å². The van der Waals surface area contributed by atoms with E-state index in [1.807, 2.05) is 18.2 Å². The van der Waals surface area contributed by atoms with Gasteiger partial charge in [-0.1, -0.05) is 42.5 Å². The monoisotopic (exact) mass is 314 g/mol. The Morgan fingerprint density at radius 1 is 0.864 bits per heavy atom. The number of phenolic OH excluding ortho intramolecular Hbond substituents is 1. The maximum Gasteiger partial charge on any atom is 0.297 e. The van der Waals surface area contributed by atoms with Crippen molar-refractivity contribution in [1.29, 1.82) is 0 Å². The third-order valence-electron chi connectivity index (χ3n) is 3.31. The molecule has 0 unspecified atom stereocenters. The van der Waals surface area contributed by atoms with Crippen LogP contribution in [0.2, 0.25) is 0 Å². The fourth-order valence-corrected chi connectivity index (χ4v) is 3.09. The van der Waals surface area contributed by atoms with Crippen molar-refractivity contribution in [2.24, 2.45) is 0 Å². The molecule has 3 rings (SSSR count). The number of hydrogen-bond donors (Lipinski definition) is 1. The van der Waals surface area contributed by atoms with Crippen molar-refractivity contribution in [3.8, 4) is 5.75 Å². The summed E-state index contributed by atoms with van der Waals surface area (Å²) in [6.45, 7) is -0.00319. The van der Waals surface area contributed by atoms with Gasteiger partial charge in [-0.15, -0.1) is 0 Å². The van der Waals surface area contributed by atoms with Gasteiger partial charge >= 0.3 is 0 Å². The van der Waals surface area contributed by atoms with Gasteiger partial charge in [-0.2, -0.15) is 8.42 Å². The van der Waals surface area contributed by atoms with Gasteiger partial charge < -0.3 is 5.11 Å². The quantitative estimate of drug-likeness (QED) is 0.749. The molecule has 0 atom stereocenters. The van der Waals surface area contributed by atoms with E-state index >= 15 is 0 Å². The minimum absolute atomic E-state index is 0.00319. The first-order valence-electron chi connectivity index (χ1n) is 6.71. The fourth-order valence-electron chi connectivity index (χ4n) is 2.15. The van der Waals surface area contributed by atoms with Gasteiger partial charge in [0.1, 0.15) is 5.75 Å². The van der Waals surface area contributed by atoms with E-state index in [4.69, 9.17) is 4.18 Å². The summed E-state index contributed by atoms with van der Waals surface area (Å²) in [5, 5.41) is 10.9. The van der Waals surface area contributed by atoms with Crippen LogP contribution < -0.4 is 0 Å². The molecule has 0 aliphatic heterocycles. The zero-order chi connectivity index (χ0) is 15.6. The molecule has 22 heavy (non-hydrogen) atoms. The van der Waals surface area contributed by atoms with E-state index in [0.717, 1.165) is 16.3 Å². The lowest BCUT2D eigenvalue weighted by atomic mass is 10.1. The summed E-state index contributed by atoms with van der Waals surface area (Å²) in [4.78, 5) is 0.0987. The highest BCUT2D eigenvalue weighted by atomic mass is 32.2. The van der Waals surface area contributed by atoms with Crippen molar-refractivity contribution in [3.63, 3.8) is 0 Å². The van der Waals surface area contributed by atoms with E-state index in [9.17, 15) is 13.5 Å². The molecule has 0 amide bonds. The van der Waals surface area contributed by atoms with Crippen molar-refractivity contribution in [3.05, 3.63) is 72.3 Å². The van der Waals surface area contributed by atoms with Crippen LogP contribution in [0, 0.1) is 0 Å². The molecule has 3 aromatic rings. The zero-order valence-corrected chi connectivity index (χ0v) is 12.5. The Morgan fingerprint density at radius 3 is 2.32 bits per heavy atom. The largest absolute Gasteiger partial charge is 0.508 e. The van der Waals surface area contributed by atoms with E-state index in [1.165, 1.54) is 18.2 Å². The molecule has 0 aliphatic rings. The molecule has 0 radical (unpaired) electrons. The van der Waals surface area contributed by atoms with Crippen LogP contribution in [0.3, 0.4) is 0 Å². The smallest absolute Gasteiger partial charge is 0.297 e. The Kier molecular flexibility index (Phi) is 3.83. The molecule has 0 saturated carbocycles. The minimum Gasteiger partial charge on any atom is -0.508 e. The van der Waals surface area contributed by atoms with Crippen LogP contribution >= 0.6 is 0 Å². The molecule has 112 valence electrons. The van der Waals surface area contributed by atoms with Gasteiger partial charge in [0.2, 0.25) is 0 Å². The Morgan fingerprint density at radius 2 is 1.55 bits per heavy atom. The summed E-state index contributed by atoms with van der Waals surface area (Å²) >= 11 is 0. The highest BCUT2D eigenvalue weighted by molar-refractivity contribution is 7.86. The van der Waals surface area contributed by atoms with Crippen LogP contribution in [-0.4, -0.2) is 13.5 Å². The van der Waals surface area contributed by atoms with Crippen LogP contribution in [0.15, 0.2) is 71.6 Å². The molecule has 1 N–H and O–H groups in total. The van der Waals surface area contributed by atoms with Gasteiger partial charge in [0.25, 0.3) is 10.1 Å². The molecule has 0 saturated heterocycles. The maximum absolute atomic E-state index is 12.2. The third-order valence-corrected chi connectivity index (χ3v) is 4.57. The second kappa shape index (κ2) is 5.79. The first kappa shape index (κ1) is 14.6. The van der Waals surface area contributed by atoms with E-state index in [2.05, 4.69) is 0 Å². The first-order chi connectivity index (χ1) is 10.5. The number of fused-ring (bicyclic) bond motifs is 1. The van der Waals surface area contributed by atoms with Crippen molar-refractivity contribution in [1.82, 2.24) is 0 Å². The van der Waals surface area contributed by atoms with Crippen LogP contribution in [0.4, 0.5) is 0 Å². The maximum atomic E-state index is 12.2. The summed E-state index contributed by atoms with van der Waals surface area (Å²) in [6.07, 6.45) is 0. The molecule has 4 nitrogen and oxygen atoms in total. The number of aromatic hydroxyl groups is 1. The lowest BCUT2D eigenvalue weighted by Crippen LogP contribution is -2.06. The lowest BCUT2D eigenvalue weighted by molar-refractivity contribution is 0.308. The Bertz CT molecular complexity index is 902. The summed E-state index contributed by atoms with van der Waals surface area (Å²) < 4.78 is 29.6. The van der Waals surface area contributed by atoms with Gasteiger partial charge in [-0.05, 0) is 40.6 Å². The summed E-state index contributed by atoms with van der Waals surface area (Å²) in [5.74, 6) is 0.142. The molecule has 0 bridgehead atoms. The SMILES string of the molecule is O=S(=O)(OCc1ccccc1)c1ccc2cc(O)ccc2c1. The molecule has 5 heteroatoms. The summed E-state index contributed by atoms with van der Waals surface area (Å²) in [7, 11) is -3.82. The highest BCUT2D eigenvalue weighted by Gasteiger charge is 2.15. The van der Waals surface area contributed by atoms with Gasteiger partial charge in [0.05, 0.1) is 11.5 Å². The van der Waals surface area contributed by atoms with Gasteiger partial charge in [0, 0.05) is 0 Å². The van der Waals surface area contributed by atoms with Gasteiger partial charge in [-0.3, -0.25) is 4.18 Å². The molecule has 0 aliphatic carbocycles. The first-order valence-corrected chi connectivity index (χ1v) is 8.11. The van der Waals surface area contributed by atoms with Crippen molar-refractivity contribution < 1.29 is 17.7 Å². The zero-order valence-electron chi connectivity index (χ0n) is 11.6. The predicted molar refractivity (Wildman–Crippen MR) is 84.0 cm³/mol. The second-order valence-electron chi connectivity index (χ2n) is 4.90. The standard InChI is InChI=1S/C17H14O4S/c18-16-8-6-15-11-17(9-7-14(15)10-16)22(19,20)21-12-13-4-2-1-3-5-13/h1-11,18H,12H2. The normalized spacial score (nSPS) is 11.6. The van der Waals surface area contributed by atoms with E-state index < -0.39 is 10.1 Å². The Balaban J connectivity index is 1.87. The minimum atomic E-state index is -3.82. The molecule has 0 aromatic heterocycles. The lowest BCUT2D eigenvalue weighted by Gasteiger charge is -2.07. The number of benzene rings is 3. The molecule has 0 fully saturated rings. The number of phenols is 1. The molecule has 3 aromatic carbocycles. The number of rotatable bonds is 4. The fraction of sp³-hybridized carbons (Fsp3) is 0.0588. The van der Waals surface area contributed by atoms with Crippen LogP contribution in [0.1, 0.15) is 5.56 Å². The third kappa shape index (κ3) is 3.10. The van der Waals surface area contributed by atoms with E-state index in [1.54, 1.807) is 30.3 Å². The molecule has 0 heterocycles. The van der Waals surface area contributed by atoms with Gasteiger partial charge in [0.15, 0.2) is 0 Å². The average Bonchev–Trinajstić information content (AvgIpc) is 2.53. The summed E-state index contributed by atoms with van der Waals surface area (Å²) in [5.41, 5.74) is 0.789. The predicted octanol–water partition coefficient (Wildman–Crippen LogP) is 3.45. The Labute approximate surface area is 128 Å². The van der Waals surface area contributed by atoms with Gasteiger partial charge in [-0.25, -0.2) is 0 Å². The van der Waals surface area contributed by atoms with Crippen LogP contribution in [0.5, 0.6) is 5.75 Å². The van der Waals surface area contributed by atoms with E-state index in [-0.39, 0.29) is 17.3 Å². The molecular formula is C17H14O4S. The van der Waals surface area contributed by atoms with Crippen molar-refractivity contribution in [2.45, 2.75) is 11.5 Å². The second-order valence-corrected chi connectivity index (χ2v) is 6.51. The molecular weight excluding hydrogens is 300 g/mol. The van der Waals surface area contributed by atoms with Crippen molar-refractivity contribution >= 4 is 20.9 Å². The number of hydrogen-bond acceptors (Lipinski definition) is 4. The topological polar surface area (TPSA) is 63.6 Å². The average molecular weight is 314 g/mol. The molecule has 0 spiro atoms. The van der Waals surface area contributed by atoms with Crippen LogP contribution in [0.25, 0.3) is 10.8 Å². The summed E-state index contributed by atoms with van der Waals surface area (Å²) in [6, 6.07) is 18.5. The van der Waals surface area contributed by atoms with E-state index in [0.29, 0.717) is 0 Å². The van der Waals surface area contributed by atoms with Crippen LogP contribution in [-0.2, 0) is 20.9 Å². The highest BCUT2D eigenvalue weighted by Crippen LogP contribution is 2.24.